The zero-order chi connectivity index (χ0) is 17.6. The molecule has 0 unspecified atom stereocenters. The number of hydrogen-bond acceptors (Lipinski definition) is 3. The lowest BCUT2D eigenvalue weighted by Gasteiger charge is -2.29. The predicted molar refractivity (Wildman–Crippen MR) is 101 cm³/mol. The zero-order valence-corrected chi connectivity index (χ0v) is 15.1. The van der Waals surface area contributed by atoms with Gasteiger partial charge in [-0.25, -0.2) is 0 Å². The van der Waals surface area contributed by atoms with E-state index >= 15 is 0 Å². The van der Waals surface area contributed by atoms with Crippen molar-refractivity contribution in [3.8, 4) is 16.9 Å². The molecule has 4 nitrogen and oxygen atoms in total. The first-order chi connectivity index (χ1) is 12.1. The molecular formula is C20H23ClN2O2. The average molecular weight is 359 g/mol. The maximum absolute atomic E-state index is 12.1. The Labute approximate surface area is 153 Å². The van der Waals surface area contributed by atoms with E-state index in [1.807, 2.05) is 48.5 Å². The topological polar surface area (TPSA) is 41.6 Å². The van der Waals surface area contributed by atoms with Gasteiger partial charge in [0.25, 0.3) is 5.91 Å². The Bertz CT molecular complexity index is 713. The summed E-state index contributed by atoms with van der Waals surface area (Å²) in [5, 5.41) is 3.54. The second-order valence-corrected chi connectivity index (χ2v) is 6.85. The molecule has 1 aliphatic rings. The van der Waals surface area contributed by atoms with Crippen molar-refractivity contribution in [2.45, 2.75) is 18.9 Å². The lowest BCUT2D eigenvalue weighted by molar-refractivity contribution is -0.124. The first kappa shape index (κ1) is 17.8. The third kappa shape index (κ3) is 4.97. The Hall–Kier alpha value is -2.04. The van der Waals surface area contributed by atoms with Crippen LogP contribution in [0.2, 0.25) is 5.02 Å². The van der Waals surface area contributed by atoms with Crippen molar-refractivity contribution in [3.05, 3.63) is 53.6 Å². The van der Waals surface area contributed by atoms with Gasteiger partial charge in [-0.15, -0.1) is 0 Å². The number of nitrogens with one attached hydrogen (secondary N) is 1. The molecular weight excluding hydrogens is 336 g/mol. The molecule has 0 aromatic heterocycles. The molecule has 0 atom stereocenters. The average Bonchev–Trinajstić information content (AvgIpc) is 2.63. The largest absolute Gasteiger partial charge is 0.482 e. The van der Waals surface area contributed by atoms with Gasteiger partial charge in [-0.2, -0.15) is 0 Å². The van der Waals surface area contributed by atoms with Crippen LogP contribution in [0.25, 0.3) is 11.1 Å². The maximum atomic E-state index is 12.1. The number of likely N-dealkylation sites (tertiary alicyclic amines) is 1. The molecule has 25 heavy (non-hydrogen) atoms. The number of ether oxygens (including phenoxy) is 1. The Kier molecular flexibility index (Phi) is 5.95. The van der Waals surface area contributed by atoms with Crippen LogP contribution in [-0.2, 0) is 4.79 Å². The molecule has 1 fully saturated rings. The highest BCUT2D eigenvalue weighted by Gasteiger charge is 2.18. The van der Waals surface area contributed by atoms with Crippen LogP contribution in [0.3, 0.4) is 0 Å². The van der Waals surface area contributed by atoms with Crippen molar-refractivity contribution in [1.82, 2.24) is 10.2 Å². The Balaban J connectivity index is 1.53. The van der Waals surface area contributed by atoms with Gasteiger partial charge in [0.2, 0.25) is 0 Å². The molecule has 1 heterocycles. The molecule has 0 saturated carbocycles. The van der Waals surface area contributed by atoms with Crippen LogP contribution in [0.4, 0.5) is 0 Å². The van der Waals surface area contributed by atoms with E-state index < -0.39 is 0 Å². The molecule has 0 radical (unpaired) electrons. The summed E-state index contributed by atoms with van der Waals surface area (Å²) in [6.45, 7) is 2.01. The highest BCUT2D eigenvalue weighted by Crippen LogP contribution is 2.30. The van der Waals surface area contributed by atoms with E-state index in [1.54, 1.807) is 0 Å². The highest BCUT2D eigenvalue weighted by molar-refractivity contribution is 6.32. The maximum Gasteiger partial charge on any atom is 0.258 e. The number of carbonyl (C=O) groups is 1. The number of rotatable bonds is 5. The first-order valence-corrected chi connectivity index (χ1v) is 8.95. The monoisotopic (exact) mass is 358 g/mol. The highest BCUT2D eigenvalue weighted by atomic mass is 35.5. The van der Waals surface area contributed by atoms with Gasteiger partial charge in [0, 0.05) is 6.04 Å². The summed E-state index contributed by atoms with van der Waals surface area (Å²) in [6.07, 6.45) is 1.96. The van der Waals surface area contributed by atoms with Crippen LogP contribution in [0.5, 0.6) is 5.75 Å². The summed E-state index contributed by atoms with van der Waals surface area (Å²) in [6, 6.07) is 15.9. The van der Waals surface area contributed by atoms with Crippen molar-refractivity contribution >= 4 is 17.5 Å². The minimum atomic E-state index is -0.0993. The van der Waals surface area contributed by atoms with E-state index in [0.29, 0.717) is 10.8 Å². The fraction of sp³-hybridized carbons (Fsp3) is 0.350. The molecule has 1 amide bonds. The summed E-state index contributed by atoms with van der Waals surface area (Å²) in [5.74, 6) is 0.428. The van der Waals surface area contributed by atoms with Gasteiger partial charge in [-0.05, 0) is 56.2 Å². The van der Waals surface area contributed by atoms with E-state index in [-0.39, 0.29) is 18.6 Å². The van der Waals surface area contributed by atoms with Gasteiger partial charge in [-0.3, -0.25) is 4.79 Å². The number of halogens is 1. The number of nitrogens with zero attached hydrogens (tertiary/aromatic N) is 1. The fourth-order valence-corrected chi connectivity index (χ4v) is 3.23. The van der Waals surface area contributed by atoms with E-state index in [9.17, 15) is 4.79 Å². The Morgan fingerprint density at radius 2 is 1.88 bits per heavy atom. The first-order valence-electron chi connectivity index (χ1n) is 8.57. The van der Waals surface area contributed by atoms with E-state index in [1.165, 1.54) is 0 Å². The predicted octanol–water partition coefficient (Wildman–Crippen LogP) is 3.60. The van der Waals surface area contributed by atoms with Gasteiger partial charge >= 0.3 is 0 Å². The zero-order valence-electron chi connectivity index (χ0n) is 14.4. The molecule has 1 aliphatic heterocycles. The van der Waals surface area contributed by atoms with Crippen LogP contribution < -0.4 is 10.1 Å². The summed E-state index contributed by atoms with van der Waals surface area (Å²) >= 11 is 6.31. The normalized spacial score (nSPS) is 15.8. The molecule has 2 aromatic rings. The van der Waals surface area contributed by atoms with Crippen LogP contribution >= 0.6 is 11.6 Å². The van der Waals surface area contributed by atoms with Crippen LogP contribution in [0.1, 0.15) is 12.8 Å². The molecule has 0 spiro atoms. The second-order valence-electron chi connectivity index (χ2n) is 6.44. The molecule has 1 N–H and O–H groups in total. The van der Waals surface area contributed by atoms with Crippen LogP contribution in [0.15, 0.2) is 48.5 Å². The number of carbonyl (C=O) groups excluding carboxylic acids is 1. The lowest BCUT2D eigenvalue weighted by atomic mass is 10.1. The smallest absolute Gasteiger partial charge is 0.258 e. The number of piperidine rings is 1. The molecule has 2 aromatic carbocycles. The van der Waals surface area contributed by atoms with Crippen LogP contribution in [-0.4, -0.2) is 43.6 Å². The molecule has 0 aliphatic carbocycles. The van der Waals surface area contributed by atoms with Gasteiger partial charge in [-0.1, -0.05) is 48.0 Å². The van der Waals surface area contributed by atoms with Gasteiger partial charge < -0.3 is 15.0 Å². The van der Waals surface area contributed by atoms with Gasteiger partial charge in [0.05, 0.1) is 5.02 Å². The van der Waals surface area contributed by atoms with Crippen molar-refractivity contribution in [1.29, 1.82) is 0 Å². The van der Waals surface area contributed by atoms with E-state index in [2.05, 4.69) is 17.3 Å². The van der Waals surface area contributed by atoms with Crippen LogP contribution in [0, 0.1) is 0 Å². The molecule has 5 heteroatoms. The fourth-order valence-electron chi connectivity index (χ4n) is 2.99. The molecule has 1 saturated heterocycles. The van der Waals surface area contributed by atoms with Gasteiger partial charge in [0.1, 0.15) is 5.75 Å². The molecule has 3 rings (SSSR count). The quantitative estimate of drug-likeness (QED) is 0.888. The number of amides is 1. The minimum absolute atomic E-state index is 0.0171. The van der Waals surface area contributed by atoms with Crippen molar-refractivity contribution < 1.29 is 9.53 Å². The van der Waals surface area contributed by atoms with Crippen molar-refractivity contribution in [2.24, 2.45) is 0 Å². The Morgan fingerprint density at radius 3 is 2.56 bits per heavy atom. The molecule has 0 bridgehead atoms. The third-order valence-corrected chi connectivity index (χ3v) is 4.78. The Morgan fingerprint density at radius 1 is 1.16 bits per heavy atom. The van der Waals surface area contributed by atoms with Crippen molar-refractivity contribution in [2.75, 3.05) is 26.7 Å². The lowest BCUT2D eigenvalue weighted by Crippen LogP contribution is -2.44. The van der Waals surface area contributed by atoms with E-state index in [4.69, 9.17) is 16.3 Å². The second kappa shape index (κ2) is 8.37. The summed E-state index contributed by atoms with van der Waals surface area (Å²) in [7, 11) is 2.10. The standard InChI is InChI=1S/C20H23ClN2O2/c1-23-11-9-17(10-12-23)22-20(24)14-25-19-8-7-16(13-18(19)21)15-5-3-2-4-6-15/h2-8,13,17H,9-12,14H2,1H3,(H,22,24). The molecule has 132 valence electrons. The summed E-state index contributed by atoms with van der Waals surface area (Å²) < 4.78 is 5.60. The van der Waals surface area contributed by atoms with E-state index in [0.717, 1.165) is 37.1 Å². The number of benzene rings is 2. The van der Waals surface area contributed by atoms with Crippen molar-refractivity contribution in [3.63, 3.8) is 0 Å². The SMILES string of the molecule is CN1CCC(NC(=O)COc2ccc(-c3ccccc3)cc2Cl)CC1. The number of hydrogen-bond donors (Lipinski definition) is 1. The van der Waals surface area contributed by atoms with Gasteiger partial charge in [0.15, 0.2) is 6.61 Å². The summed E-state index contributed by atoms with van der Waals surface area (Å²) in [5.41, 5.74) is 2.12. The summed E-state index contributed by atoms with van der Waals surface area (Å²) in [4.78, 5) is 14.3. The third-order valence-electron chi connectivity index (χ3n) is 4.48. The minimum Gasteiger partial charge on any atom is -0.482 e.